The molecule has 1 rings (SSSR count). The Balaban J connectivity index is 3.30. The second-order valence-electron chi connectivity index (χ2n) is 2.95. The van der Waals surface area contributed by atoms with Crippen LogP contribution in [0.4, 0.5) is 17.6 Å². The first-order valence-electron chi connectivity index (χ1n) is 4.13. The molecule has 0 radical (unpaired) electrons. The largest absolute Gasteiger partial charge is 0.417 e. The zero-order chi connectivity index (χ0) is 12.3. The standard InChI is InChI=1S/C10H5F4NO/c11-6-1-2-8(10(12,13)14)7(5-6)9(16)3-4-15/h1-2,5H,3H2. The van der Waals surface area contributed by atoms with Gasteiger partial charge in [0.2, 0.25) is 0 Å². The van der Waals surface area contributed by atoms with Crippen molar-refractivity contribution < 1.29 is 22.4 Å². The summed E-state index contributed by atoms with van der Waals surface area (Å²) in [6.07, 6.45) is -5.46. The van der Waals surface area contributed by atoms with E-state index in [9.17, 15) is 22.4 Å². The molecule has 0 unspecified atom stereocenters. The number of carbonyl (C=O) groups excluding carboxylic acids is 1. The number of rotatable bonds is 2. The highest BCUT2D eigenvalue weighted by atomic mass is 19.4. The van der Waals surface area contributed by atoms with Crippen LogP contribution in [0.1, 0.15) is 22.3 Å². The van der Waals surface area contributed by atoms with Gasteiger partial charge >= 0.3 is 6.18 Å². The molecule has 0 aliphatic rings. The average Bonchev–Trinajstić information content (AvgIpc) is 2.16. The number of hydrogen-bond donors (Lipinski definition) is 0. The summed E-state index contributed by atoms with van der Waals surface area (Å²) in [5, 5.41) is 8.22. The van der Waals surface area contributed by atoms with Crippen molar-refractivity contribution in [3.05, 3.63) is 35.1 Å². The van der Waals surface area contributed by atoms with Gasteiger partial charge in [0.05, 0.1) is 18.1 Å². The first kappa shape index (κ1) is 12.2. The predicted octanol–water partition coefficient (Wildman–Crippen LogP) is 2.94. The molecule has 2 nitrogen and oxygen atoms in total. The van der Waals surface area contributed by atoms with Gasteiger partial charge in [-0.2, -0.15) is 18.4 Å². The number of hydrogen-bond acceptors (Lipinski definition) is 2. The summed E-state index contributed by atoms with van der Waals surface area (Å²) in [5.41, 5.74) is -2.04. The lowest BCUT2D eigenvalue weighted by Gasteiger charge is -2.10. The molecule has 84 valence electrons. The fourth-order valence-corrected chi connectivity index (χ4v) is 1.16. The van der Waals surface area contributed by atoms with E-state index in [1.54, 1.807) is 0 Å². The molecule has 0 spiro atoms. The molecule has 0 saturated carbocycles. The minimum absolute atomic E-state index is 0.486. The molecule has 16 heavy (non-hydrogen) atoms. The number of Topliss-reactive ketones (excluding diaryl/α,β-unsaturated/α-hetero) is 1. The van der Waals surface area contributed by atoms with Crippen LogP contribution in [0.15, 0.2) is 18.2 Å². The smallest absolute Gasteiger partial charge is 0.293 e. The Bertz CT molecular complexity index is 459. The summed E-state index contributed by atoms with van der Waals surface area (Å²) in [6.45, 7) is 0. The van der Waals surface area contributed by atoms with Gasteiger partial charge in [-0.25, -0.2) is 4.39 Å². The lowest BCUT2D eigenvalue weighted by Crippen LogP contribution is -2.13. The van der Waals surface area contributed by atoms with E-state index < -0.39 is 35.3 Å². The number of ketones is 1. The molecule has 0 fully saturated rings. The van der Waals surface area contributed by atoms with Gasteiger partial charge in [-0.15, -0.1) is 0 Å². The van der Waals surface area contributed by atoms with Crippen LogP contribution < -0.4 is 0 Å². The van der Waals surface area contributed by atoms with E-state index in [0.29, 0.717) is 18.2 Å². The zero-order valence-electron chi connectivity index (χ0n) is 7.81. The van der Waals surface area contributed by atoms with Crippen LogP contribution in [0.3, 0.4) is 0 Å². The first-order valence-corrected chi connectivity index (χ1v) is 4.13. The van der Waals surface area contributed by atoms with Gasteiger partial charge in [0.1, 0.15) is 5.82 Å². The molecule has 6 heteroatoms. The summed E-state index contributed by atoms with van der Waals surface area (Å²) >= 11 is 0. The molecule has 1 aromatic carbocycles. The Hall–Kier alpha value is -1.90. The highest BCUT2D eigenvalue weighted by molar-refractivity contribution is 5.98. The van der Waals surface area contributed by atoms with Gasteiger partial charge in [-0.3, -0.25) is 4.79 Å². The first-order chi connectivity index (χ1) is 7.36. The SMILES string of the molecule is N#CCC(=O)c1cc(F)ccc1C(F)(F)F. The van der Waals surface area contributed by atoms with Crippen LogP contribution in [0.5, 0.6) is 0 Å². The van der Waals surface area contributed by atoms with Gasteiger partial charge in [0.25, 0.3) is 0 Å². The molecular weight excluding hydrogens is 226 g/mol. The lowest BCUT2D eigenvalue weighted by molar-refractivity contribution is -0.137. The van der Waals surface area contributed by atoms with E-state index in [2.05, 4.69) is 0 Å². The van der Waals surface area contributed by atoms with Gasteiger partial charge in [-0.05, 0) is 18.2 Å². The van der Waals surface area contributed by atoms with Crippen molar-refractivity contribution in [1.29, 1.82) is 5.26 Å². The molecule has 0 amide bonds. The Morgan fingerprint density at radius 3 is 2.50 bits per heavy atom. The molecule has 0 aliphatic heterocycles. The van der Waals surface area contributed by atoms with E-state index in [4.69, 9.17) is 5.26 Å². The molecule has 0 saturated heterocycles. The maximum absolute atomic E-state index is 12.7. The Kier molecular flexibility index (Phi) is 3.28. The minimum atomic E-state index is -4.74. The van der Waals surface area contributed by atoms with Crippen molar-refractivity contribution in [2.45, 2.75) is 12.6 Å². The Morgan fingerprint density at radius 2 is 2.00 bits per heavy atom. The highest BCUT2D eigenvalue weighted by Gasteiger charge is 2.35. The second kappa shape index (κ2) is 4.31. The number of halogens is 4. The summed E-state index contributed by atoms with van der Waals surface area (Å²) in [7, 11) is 0. The number of benzene rings is 1. The maximum atomic E-state index is 12.7. The minimum Gasteiger partial charge on any atom is -0.293 e. The lowest BCUT2D eigenvalue weighted by atomic mass is 10.0. The van der Waals surface area contributed by atoms with Crippen molar-refractivity contribution in [2.75, 3.05) is 0 Å². The van der Waals surface area contributed by atoms with Crippen LogP contribution in [-0.2, 0) is 6.18 Å². The molecular formula is C10H5F4NO. The third kappa shape index (κ3) is 2.57. The third-order valence-electron chi connectivity index (χ3n) is 1.83. The monoisotopic (exact) mass is 231 g/mol. The summed E-state index contributed by atoms with van der Waals surface area (Å²) in [4.78, 5) is 11.2. The molecule has 1 aromatic rings. The summed E-state index contributed by atoms with van der Waals surface area (Å²) < 4.78 is 50.0. The molecule has 0 aliphatic carbocycles. The van der Waals surface area contributed by atoms with E-state index in [1.165, 1.54) is 6.07 Å². The summed E-state index contributed by atoms with van der Waals surface area (Å²) in [5.74, 6) is -2.00. The number of nitriles is 1. The van der Waals surface area contributed by atoms with Crippen molar-refractivity contribution >= 4 is 5.78 Å². The topological polar surface area (TPSA) is 40.9 Å². The van der Waals surface area contributed by atoms with Crippen molar-refractivity contribution in [3.8, 4) is 6.07 Å². The number of alkyl halides is 3. The number of carbonyl (C=O) groups is 1. The van der Waals surface area contributed by atoms with Crippen molar-refractivity contribution in [3.63, 3.8) is 0 Å². The average molecular weight is 231 g/mol. The van der Waals surface area contributed by atoms with E-state index in [0.717, 1.165) is 0 Å². The van der Waals surface area contributed by atoms with Gasteiger partial charge in [0, 0.05) is 5.56 Å². The molecule has 0 atom stereocenters. The third-order valence-corrected chi connectivity index (χ3v) is 1.83. The fraction of sp³-hybridized carbons (Fsp3) is 0.200. The highest BCUT2D eigenvalue weighted by Crippen LogP contribution is 2.32. The van der Waals surface area contributed by atoms with E-state index in [1.807, 2.05) is 0 Å². The van der Waals surface area contributed by atoms with Crippen LogP contribution in [0.2, 0.25) is 0 Å². The van der Waals surface area contributed by atoms with Gasteiger partial charge in [0.15, 0.2) is 5.78 Å². The van der Waals surface area contributed by atoms with Crippen molar-refractivity contribution in [1.82, 2.24) is 0 Å². The van der Waals surface area contributed by atoms with Gasteiger partial charge in [-0.1, -0.05) is 0 Å². The zero-order valence-corrected chi connectivity index (χ0v) is 7.81. The van der Waals surface area contributed by atoms with Gasteiger partial charge < -0.3 is 0 Å². The fourth-order valence-electron chi connectivity index (χ4n) is 1.16. The molecule has 0 aromatic heterocycles. The normalized spacial score (nSPS) is 10.9. The van der Waals surface area contributed by atoms with Crippen LogP contribution in [0.25, 0.3) is 0 Å². The van der Waals surface area contributed by atoms with E-state index >= 15 is 0 Å². The van der Waals surface area contributed by atoms with E-state index in [-0.39, 0.29) is 0 Å². The molecule has 0 N–H and O–H groups in total. The second-order valence-corrected chi connectivity index (χ2v) is 2.95. The van der Waals surface area contributed by atoms with Crippen molar-refractivity contribution in [2.24, 2.45) is 0 Å². The Labute approximate surface area is 88.1 Å². The molecule has 0 bridgehead atoms. The maximum Gasteiger partial charge on any atom is 0.417 e. The Morgan fingerprint density at radius 1 is 1.38 bits per heavy atom. The predicted molar refractivity (Wildman–Crippen MR) is 46.0 cm³/mol. The van der Waals surface area contributed by atoms with Crippen LogP contribution in [-0.4, -0.2) is 5.78 Å². The quantitative estimate of drug-likeness (QED) is 0.580. The van der Waals surface area contributed by atoms with Crippen LogP contribution in [0, 0.1) is 17.1 Å². The van der Waals surface area contributed by atoms with Crippen LogP contribution >= 0.6 is 0 Å². The summed E-state index contributed by atoms with van der Waals surface area (Å²) in [6, 6.07) is 3.02. The number of nitrogens with zero attached hydrogens (tertiary/aromatic N) is 1. The molecule has 0 heterocycles.